The zero-order valence-corrected chi connectivity index (χ0v) is 18.5. The molecule has 0 atom stereocenters. The van der Waals surface area contributed by atoms with Gasteiger partial charge in [0.2, 0.25) is 5.75 Å². The van der Waals surface area contributed by atoms with Crippen LogP contribution in [0.3, 0.4) is 0 Å². The summed E-state index contributed by atoms with van der Waals surface area (Å²) in [6.07, 6.45) is 5.00. The topological polar surface area (TPSA) is 67.1 Å². The maximum Gasteiger partial charge on any atom is 0.339 e. The molecule has 0 amide bonds. The van der Waals surface area contributed by atoms with Crippen molar-refractivity contribution in [3.63, 3.8) is 0 Å². The van der Waals surface area contributed by atoms with E-state index in [9.17, 15) is 4.79 Å². The fraction of sp³-hybridized carbons (Fsp3) is 0.400. The van der Waals surface area contributed by atoms with Crippen molar-refractivity contribution < 1.29 is 23.4 Å². The Labute approximate surface area is 181 Å². The zero-order valence-electron chi connectivity index (χ0n) is 18.5. The van der Waals surface area contributed by atoms with Crippen LogP contribution in [0.4, 0.5) is 0 Å². The van der Waals surface area contributed by atoms with E-state index < -0.39 is 0 Å². The molecule has 1 aliphatic carbocycles. The maximum atomic E-state index is 12.6. The van der Waals surface area contributed by atoms with Crippen molar-refractivity contribution in [1.82, 2.24) is 0 Å². The zero-order chi connectivity index (χ0) is 22.0. The summed E-state index contributed by atoms with van der Waals surface area (Å²) >= 11 is 0. The third kappa shape index (κ3) is 3.94. The predicted octanol–water partition coefficient (Wildman–Crippen LogP) is 4.98. The number of hydrogen-bond donors (Lipinski definition) is 0. The molecule has 164 valence electrons. The van der Waals surface area contributed by atoms with Crippen LogP contribution in [0.25, 0.3) is 11.0 Å². The van der Waals surface area contributed by atoms with Crippen molar-refractivity contribution in [1.29, 1.82) is 0 Å². The minimum Gasteiger partial charge on any atom is -0.493 e. The van der Waals surface area contributed by atoms with Gasteiger partial charge in [0.05, 0.1) is 21.3 Å². The van der Waals surface area contributed by atoms with Gasteiger partial charge in [0.1, 0.15) is 17.9 Å². The Bertz CT molecular complexity index is 1140. The average Bonchev–Trinajstić information content (AvgIpc) is 3.05. The van der Waals surface area contributed by atoms with Gasteiger partial charge in [-0.05, 0) is 68.0 Å². The number of ether oxygens (including phenoxy) is 4. The first-order valence-electron chi connectivity index (χ1n) is 10.6. The van der Waals surface area contributed by atoms with Crippen molar-refractivity contribution in [2.45, 2.75) is 45.6 Å². The van der Waals surface area contributed by atoms with Gasteiger partial charge in [0.15, 0.2) is 11.5 Å². The fourth-order valence-corrected chi connectivity index (χ4v) is 4.34. The van der Waals surface area contributed by atoms with Gasteiger partial charge in [-0.25, -0.2) is 4.79 Å². The van der Waals surface area contributed by atoms with E-state index in [1.54, 1.807) is 21.3 Å². The Balaban J connectivity index is 1.67. The van der Waals surface area contributed by atoms with Crippen molar-refractivity contribution in [3.05, 3.63) is 56.9 Å². The van der Waals surface area contributed by atoms with Gasteiger partial charge in [-0.3, -0.25) is 0 Å². The van der Waals surface area contributed by atoms with Crippen LogP contribution in [-0.2, 0) is 19.4 Å². The molecule has 0 saturated carbocycles. The monoisotopic (exact) mass is 424 g/mol. The van der Waals surface area contributed by atoms with Gasteiger partial charge in [0.25, 0.3) is 0 Å². The van der Waals surface area contributed by atoms with E-state index >= 15 is 0 Å². The second-order valence-corrected chi connectivity index (χ2v) is 7.79. The largest absolute Gasteiger partial charge is 0.493 e. The molecule has 0 radical (unpaired) electrons. The van der Waals surface area contributed by atoms with E-state index in [0.717, 1.165) is 59.7 Å². The Morgan fingerprint density at radius 2 is 1.55 bits per heavy atom. The van der Waals surface area contributed by atoms with Crippen LogP contribution in [-0.4, -0.2) is 21.3 Å². The third-order valence-corrected chi connectivity index (χ3v) is 5.96. The van der Waals surface area contributed by atoms with Crippen LogP contribution in [0.15, 0.2) is 33.5 Å². The molecule has 2 aromatic carbocycles. The second-order valence-electron chi connectivity index (χ2n) is 7.79. The number of rotatable bonds is 6. The van der Waals surface area contributed by atoms with Crippen LogP contribution >= 0.6 is 0 Å². The Kier molecular flexibility index (Phi) is 6.07. The molecule has 1 aliphatic rings. The normalized spacial score (nSPS) is 13.4. The quantitative estimate of drug-likeness (QED) is 0.411. The predicted molar refractivity (Wildman–Crippen MR) is 119 cm³/mol. The highest BCUT2D eigenvalue weighted by atomic mass is 16.5. The standard InChI is InChI=1S/C25H28O6/c1-15-20(30-14-16-12-21(27-2)24(29-4)22(13-16)28-3)11-10-18-17-8-6-5-7-9-19(17)25(26)31-23(15)18/h10-13H,5-9,14H2,1-4H3. The van der Waals surface area contributed by atoms with Gasteiger partial charge in [-0.15, -0.1) is 0 Å². The lowest BCUT2D eigenvalue weighted by Crippen LogP contribution is -2.11. The molecule has 0 fully saturated rings. The summed E-state index contributed by atoms with van der Waals surface area (Å²) in [7, 11) is 4.74. The summed E-state index contributed by atoms with van der Waals surface area (Å²) < 4.78 is 28.1. The minimum atomic E-state index is -0.214. The van der Waals surface area contributed by atoms with Gasteiger partial charge in [-0.1, -0.05) is 6.42 Å². The second kappa shape index (κ2) is 8.92. The summed E-state index contributed by atoms with van der Waals surface area (Å²) in [5, 5.41) is 1.02. The average molecular weight is 424 g/mol. The summed E-state index contributed by atoms with van der Waals surface area (Å²) in [5.74, 6) is 2.37. The first kappa shape index (κ1) is 21.1. The van der Waals surface area contributed by atoms with E-state index in [4.69, 9.17) is 23.4 Å². The highest BCUT2D eigenvalue weighted by Crippen LogP contribution is 2.39. The molecule has 0 spiro atoms. The number of methoxy groups -OCH3 is 3. The first-order chi connectivity index (χ1) is 15.1. The van der Waals surface area contributed by atoms with Crippen LogP contribution in [0.2, 0.25) is 0 Å². The van der Waals surface area contributed by atoms with E-state index in [1.807, 2.05) is 31.2 Å². The third-order valence-electron chi connectivity index (χ3n) is 5.96. The molecule has 0 unspecified atom stereocenters. The first-order valence-corrected chi connectivity index (χ1v) is 10.6. The van der Waals surface area contributed by atoms with Crippen molar-refractivity contribution >= 4 is 11.0 Å². The molecule has 4 rings (SSSR count). The number of benzene rings is 2. The SMILES string of the molecule is COc1cc(COc2ccc3c4c(c(=O)oc3c2C)CCCCC4)cc(OC)c1OC. The molecule has 6 nitrogen and oxygen atoms in total. The van der Waals surface area contributed by atoms with Crippen molar-refractivity contribution in [2.75, 3.05) is 21.3 Å². The van der Waals surface area contributed by atoms with E-state index in [2.05, 4.69) is 0 Å². The molecule has 0 saturated heterocycles. The van der Waals surface area contributed by atoms with Crippen molar-refractivity contribution in [2.24, 2.45) is 0 Å². The molecule has 0 bridgehead atoms. The molecule has 6 heteroatoms. The number of aryl methyl sites for hydroxylation is 2. The lowest BCUT2D eigenvalue weighted by atomic mass is 9.98. The lowest BCUT2D eigenvalue weighted by molar-refractivity contribution is 0.297. The molecular formula is C25H28O6. The lowest BCUT2D eigenvalue weighted by Gasteiger charge is -2.16. The molecule has 0 N–H and O–H groups in total. The van der Waals surface area contributed by atoms with Crippen LogP contribution in [0, 0.1) is 6.92 Å². The van der Waals surface area contributed by atoms with Gasteiger partial charge < -0.3 is 23.4 Å². The Morgan fingerprint density at radius 1 is 0.871 bits per heavy atom. The molecule has 0 aliphatic heterocycles. The smallest absolute Gasteiger partial charge is 0.339 e. The van der Waals surface area contributed by atoms with E-state index in [0.29, 0.717) is 35.2 Å². The highest BCUT2D eigenvalue weighted by Gasteiger charge is 2.19. The molecule has 1 heterocycles. The van der Waals surface area contributed by atoms with Crippen LogP contribution in [0.5, 0.6) is 23.0 Å². The van der Waals surface area contributed by atoms with Crippen LogP contribution in [0.1, 0.15) is 41.5 Å². The highest BCUT2D eigenvalue weighted by molar-refractivity contribution is 5.86. The van der Waals surface area contributed by atoms with Gasteiger partial charge >= 0.3 is 5.63 Å². The number of fused-ring (bicyclic) bond motifs is 3. The fourth-order valence-electron chi connectivity index (χ4n) is 4.34. The maximum absolute atomic E-state index is 12.6. The molecular weight excluding hydrogens is 396 g/mol. The summed E-state index contributed by atoms with van der Waals surface area (Å²) in [4.78, 5) is 12.6. The van der Waals surface area contributed by atoms with Gasteiger partial charge in [-0.2, -0.15) is 0 Å². The van der Waals surface area contributed by atoms with E-state index in [1.165, 1.54) is 0 Å². The van der Waals surface area contributed by atoms with Gasteiger partial charge in [0, 0.05) is 16.5 Å². The summed E-state index contributed by atoms with van der Waals surface area (Å²) in [6.45, 7) is 2.23. The molecule has 31 heavy (non-hydrogen) atoms. The molecule has 3 aromatic rings. The molecule has 1 aromatic heterocycles. The number of hydrogen-bond acceptors (Lipinski definition) is 6. The summed E-state index contributed by atoms with van der Waals surface area (Å²) in [5.41, 5.74) is 4.09. The van der Waals surface area contributed by atoms with E-state index in [-0.39, 0.29) is 5.63 Å². The minimum absolute atomic E-state index is 0.214. The van der Waals surface area contributed by atoms with Crippen molar-refractivity contribution in [3.8, 4) is 23.0 Å². The Hall–Kier alpha value is -3.15. The Morgan fingerprint density at radius 3 is 2.19 bits per heavy atom. The summed E-state index contributed by atoms with van der Waals surface area (Å²) in [6, 6.07) is 7.69. The van der Waals surface area contributed by atoms with Crippen LogP contribution < -0.4 is 24.6 Å².